The normalized spacial score (nSPS) is 19.7. The van der Waals surface area contributed by atoms with Crippen molar-refractivity contribution in [2.24, 2.45) is 5.41 Å². The van der Waals surface area contributed by atoms with E-state index in [4.69, 9.17) is 5.73 Å². The number of benzene rings is 1. The third-order valence-corrected chi connectivity index (χ3v) is 6.92. The van der Waals surface area contributed by atoms with Crippen LogP contribution in [0.5, 0.6) is 0 Å². The van der Waals surface area contributed by atoms with Gasteiger partial charge in [-0.2, -0.15) is 4.31 Å². The van der Waals surface area contributed by atoms with E-state index in [2.05, 4.69) is 13.8 Å². The largest absolute Gasteiger partial charge is 0.398 e. The first-order valence-electron chi connectivity index (χ1n) is 7.43. The van der Waals surface area contributed by atoms with Gasteiger partial charge in [-0.15, -0.1) is 0 Å². The maximum Gasteiger partial charge on any atom is 0.243 e. The number of sulfonamides is 1. The van der Waals surface area contributed by atoms with Gasteiger partial charge in [0.2, 0.25) is 10.0 Å². The molecule has 0 bridgehead atoms. The minimum atomic E-state index is -3.47. The molecule has 2 rings (SSSR count). The van der Waals surface area contributed by atoms with E-state index in [0.29, 0.717) is 29.2 Å². The first-order chi connectivity index (χ1) is 9.56. The number of nitrogen functional groups attached to an aromatic ring is 1. The van der Waals surface area contributed by atoms with Gasteiger partial charge in [-0.25, -0.2) is 8.42 Å². The van der Waals surface area contributed by atoms with Gasteiger partial charge in [-0.1, -0.05) is 13.8 Å². The predicted molar refractivity (Wildman–Crippen MR) is 86.8 cm³/mol. The van der Waals surface area contributed by atoms with E-state index in [0.717, 1.165) is 24.0 Å². The number of hydrogen-bond donors (Lipinski definition) is 1. The summed E-state index contributed by atoms with van der Waals surface area (Å²) in [6.07, 6.45) is 1.79. The maximum absolute atomic E-state index is 13.0. The molecule has 1 aliphatic rings. The van der Waals surface area contributed by atoms with Gasteiger partial charge in [-0.05, 0) is 61.8 Å². The van der Waals surface area contributed by atoms with Crippen molar-refractivity contribution in [2.75, 3.05) is 18.8 Å². The van der Waals surface area contributed by atoms with Gasteiger partial charge in [0, 0.05) is 18.8 Å². The van der Waals surface area contributed by atoms with Crippen molar-refractivity contribution in [3.63, 3.8) is 0 Å². The second kappa shape index (κ2) is 5.29. The van der Waals surface area contributed by atoms with Crippen molar-refractivity contribution in [2.45, 2.75) is 52.4 Å². The summed E-state index contributed by atoms with van der Waals surface area (Å²) in [4.78, 5) is 0.403. The number of aryl methyl sites for hydroxylation is 1. The lowest BCUT2D eigenvalue weighted by Crippen LogP contribution is -2.41. The molecule has 1 saturated heterocycles. The maximum atomic E-state index is 13.0. The molecule has 4 nitrogen and oxygen atoms in total. The van der Waals surface area contributed by atoms with E-state index >= 15 is 0 Å². The van der Waals surface area contributed by atoms with Crippen molar-refractivity contribution in [3.05, 3.63) is 22.8 Å². The summed E-state index contributed by atoms with van der Waals surface area (Å²) in [7, 11) is -3.47. The Morgan fingerprint density at radius 3 is 2.14 bits per heavy atom. The molecule has 1 aliphatic heterocycles. The first kappa shape index (κ1) is 16.3. The third-order valence-electron chi connectivity index (χ3n) is 4.75. The minimum absolute atomic E-state index is 0.224. The Bertz CT molecular complexity index is 627. The number of nitrogens with two attached hydrogens (primary N) is 1. The summed E-state index contributed by atoms with van der Waals surface area (Å²) in [6.45, 7) is 11.1. The SMILES string of the molecule is Cc1cc(N)c(C)c(S(=O)(=O)N2CCC(C)(C)CC2)c1C. The number of rotatable bonds is 2. The summed E-state index contributed by atoms with van der Waals surface area (Å²) in [5.74, 6) is 0. The smallest absolute Gasteiger partial charge is 0.243 e. The van der Waals surface area contributed by atoms with Gasteiger partial charge < -0.3 is 5.73 Å². The zero-order valence-electron chi connectivity index (χ0n) is 13.7. The molecule has 0 atom stereocenters. The van der Waals surface area contributed by atoms with Crippen LogP contribution in [0.25, 0.3) is 0 Å². The van der Waals surface area contributed by atoms with Gasteiger partial charge in [0.1, 0.15) is 0 Å². The fourth-order valence-corrected chi connectivity index (χ4v) is 4.86. The molecule has 1 heterocycles. The number of piperidine rings is 1. The van der Waals surface area contributed by atoms with Crippen molar-refractivity contribution in [1.82, 2.24) is 4.31 Å². The average Bonchev–Trinajstić information content (AvgIpc) is 2.36. The monoisotopic (exact) mass is 310 g/mol. The fourth-order valence-electron chi connectivity index (χ4n) is 2.89. The van der Waals surface area contributed by atoms with Crippen LogP contribution in [-0.2, 0) is 10.0 Å². The Morgan fingerprint density at radius 2 is 1.62 bits per heavy atom. The Labute approximate surface area is 128 Å². The van der Waals surface area contributed by atoms with Gasteiger partial charge in [0.25, 0.3) is 0 Å². The van der Waals surface area contributed by atoms with Crippen molar-refractivity contribution >= 4 is 15.7 Å². The van der Waals surface area contributed by atoms with Crippen molar-refractivity contribution in [1.29, 1.82) is 0 Å². The highest BCUT2D eigenvalue weighted by Crippen LogP contribution is 2.35. The lowest BCUT2D eigenvalue weighted by Gasteiger charge is -2.36. The second-order valence-electron chi connectivity index (χ2n) is 6.93. The summed E-state index contributed by atoms with van der Waals surface area (Å²) >= 11 is 0. The van der Waals surface area contributed by atoms with Crippen LogP contribution < -0.4 is 5.73 Å². The van der Waals surface area contributed by atoms with Crippen LogP contribution in [-0.4, -0.2) is 25.8 Å². The van der Waals surface area contributed by atoms with Crippen LogP contribution in [0.3, 0.4) is 0 Å². The van der Waals surface area contributed by atoms with Crippen LogP contribution >= 0.6 is 0 Å². The number of anilines is 1. The lowest BCUT2D eigenvalue weighted by molar-refractivity contribution is 0.195. The van der Waals surface area contributed by atoms with Gasteiger partial charge in [-0.3, -0.25) is 0 Å². The molecule has 1 aromatic carbocycles. The molecule has 0 amide bonds. The Balaban J connectivity index is 2.47. The molecule has 0 saturated carbocycles. The quantitative estimate of drug-likeness (QED) is 0.854. The summed E-state index contributed by atoms with van der Waals surface area (Å²) in [5.41, 5.74) is 9.16. The minimum Gasteiger partial charge on any atom is -0.398 e. The van der Waals surface area contributed by atoms with Crippen LogP contribution in [0.4, 0.5) is 5.69 Å². The van der Waals surface area contributed by atoms with E-state index in [-0.39, 0.29) is 5.41 Å². The lowest BCUT2D eigenvalue weighted by atomic mass is 9.83. The summed E-state index contributed by atoms with van der Waals surface area (Å²) < 4.78 is 27.6. The Morgan fingerprint density at radius 1 is 1.10 bits per heavy atom. The second-order valence-corrected chi connectivity index (χ2v) is 8.80. The Kier molecular flexibility index (Phi) is 4.10. The van der Waals surface area contributed by atoms with Crippen LogP contribution in [0, 0.1) is 26.2 Å². The molecule has 0 aromatic heterocycles. The van der Waals surface area contributed by atoms with E-state index in [1.54, 1.807) is 11.2 Å². The topological polar surface area (TPSA) is 63.4 Å². The van der Waals surface area contributed by atoms with Crippen LogP contribution in [0.1, 0.15) is 43.4 Å². The van der Waals surface area contributed by atoms with Gasteiger partial charge in [0.05, 0.1) is 4.90 Å². The molecule has 5 heteroatoms. The molecule has 0 aliphatic carbocycles. The zero-order chi connectivity index (χ0) is 16.0. The predicted octanol–water partition coefficient (Wildman–Crippen LogP) is 3.00. The van der Waals surface area contributed by atoms with E-state index in [9.17, 15) is 8.42 Å². The first-order valence-corrected chi connectivity index (χ1v) is 8.87. The standard InChI is InChI=1S/C16H26N2O2S/c1-11-10-14(17)13(3)15(12(11)2)21(19,20)18-8-6-16(4,5)7-9-18/h10H,6-9,17H2,1-5H3. The number of nitrogens with zero attached hydrogens (tertiary/aromatic N) is 1. The van der Waals surface area contributed by atoms with Crippen LogP contribution in [0.15, 0.2) is 11.0 Å². The van der Waals surface area contributed by atoms with Gasteiger partial charge in [0.15, 0.2) is 0 Å². The van der Waals surface area contributed by atoms with Crippen LogP contribution in [0.2, 0.25) is 0 Å². The molecule has 0 spiro atoms. The molecule has 0 unspecified atom stereocenters. The van der Waals surface area contributed by atoms with Crippen molar-refractivity contribution in [3.8, 4) is 0 Å². The third kappa shape index (κ3) is 2.94. The van der Waals surface area contributed by atoms with E-state index < -0.39 is 10.0 Å². The number of hydrogen-bond acceptors (Lipinski definition) is 3. The molecular weight excluding hydrogens is 284 g/mol. The molecule has 1 aromatic rings. The molecular formula is C16H26N2O2S. The highest BCUT2D eigenvalue weighted by Gasteiger charge is 2.34. The van der Waals surface area contributed by atoms with E-state index in [1.165, 1.54) is 0 Å². The molecule has 2 N–H and O–H groups in total. The summed E-state index contributed by atoms with van der Waals surface area (Å²) in [6, 6.07) is 1.85. The van der Waals surface area contributed by atoms with E-state index in [1.807, 2.05) is 19.9 Å². The average molecular weight is 310 g/mol. The highest BCUT2D eigenvalue weighted by atomic mass is 32.2. The van der Waals surface area contributed by atoms with Gasteiger partial charge >= 0.3 is 0 Å². The Hall–Kier alpha value is -1.07. The summed E-state index contributed by atoms with van der Waals surface area (Å²) in [5, 5.41) is 0. The molecule has 21 heavy (non-hydrogen) atoms. The zero-order valence-corrected chi connectivity index (χ0v) is 14.5. The molecule has 118 valence electrons. The van der Waals surface area contributed by atoms with Crippen molar-refractivity contribution < 1.29 is 8.42 Å². The highest BCUT2D eigenvalue weighted by molar-refractivity contribution is 7.89. The molecule has 0 radical (unpaired) electrons. The molecule has 1 fully saturated rings. The fraction of sp³-hybridized carbons (Fsp3) is 0.625.